The van der Waals surface area contributed by atoms with Crippen LogP contribution in [0, 0.1) is 11.6 Å². The summed E-state index contributed by atoms with van der Waals surface area (Å²) in [4.78, 5) is 16.1. The van der Waals surface area contributed by atoms with Crippen LogP contribution in [0.3, 0.4) is 0 Å². The number of amides is 1. The smallest absolute Gasteiger partial charge is 0.251 e. The van der Waals surface area contributed by atoms with Gasteiger partial charge in [0.1, 0.15) is 0 Å². The molecule has 0 bridgehead atoms. The van der Waals surface area contributed by atoms with Gasteiger partial charge in [0.25, 0.3) is 5.91 Å². The van der Waals surface area contributed by atoms with Crippen molar-refractivity contribution in [3.8, 4) is 11.4 Å². The third-order valence-corrected chi connectivity index (χ3v) is 3.72. The van der Waals surface area contributed by atoms with E-state index in [0.29, 0.717) is 22.3 Å². The van der Waals surface area contributed by atoms with E-state index in [0.717, 1.165) is 12.1 Å². The molecule has 0 unspecified atom stereocenters. The van der Waals surface area contributed by atoms with Crippen molar-refractivity contribution >= 4 is 17.5 Å². The van der Waals surface area contributed by atoms with E-state index >= 15 is 0 Å². The number of rotatable bonds is 5. The first kappa shape index (κ1) is 17.0. The molecule has 1 amide bonds. The lowest BCUT2D eigenvalue weighted by atomic mass is 10.2. The van der Waals surface area contributed by atoms with Crippen LogP contribution in [0.5, 0.6) is 0 Å². The van der Waals surface area contributed by atoms with Gasteiger partial charge in [-0.05, 0) is 30.3 Å². The second kappa shape index (κ2) is 7.40. The zero-order valence-corrected chi connectivity index (χ0v) is 13.6. The van der Waals surface area contributed by atoms with Gasteiger partial charge in [-0.3, -0.25) is 4.79 Å². The molecule has 0 aliphatic heterocycles. The van der Waals surface area contributed by atoms with Crippen LogP contribution in [-0.2, 0) is 6.42 Å². The molecule has 0 saturated heterocycles. The summed E-state index contributed by atoms with van der Waals surface area (Å²) < 4.78 is 31.1. The molecular weight excluding hydrogens is 352 g/mol. The Balaban J connectivity index is 1.58. The van der Waals surface area contributed by atoms with Crippen molar-refractivity contribution in [2.45, 2.75) is 6.42 Å². The van der Waals surface area contributed by atoms with Crippen LogP contribution in [-0.4, -0.2) is 22.6 Å². The van der Waals surface area contributed by atoms with Crippen molar-refractivity contribution in [3.63, 3.8) is 0 Å². The van der Waals surface area contributed by atoms with Gasteiger partial charge in [0.2, 0.25) is 11.7 Å². The Labute approximate surface area is 146 Å². The van der Waals surface area contributed by atoms with E-state index in [-0.39, 0.29) is 18.5 Å². The molecule has 5 nitrogen and oxygen atoms in total. The van der Waals surface area contributed by atoms with Gasteiger partial charge >= 0.3 is 0 Å². The van der Waals surface area contributed by atoms with Crippen LogP contribution in [0.4, 0.5) is 8.78 Å². The predicted molar refractivity (Wildman–Crippen MR) is 87.1 cm³/mol. The maximum Gasteiger partial charge on any atom is 0.251 e. The number of aromatic nitrogens is 2. The quantitative estimate of drug-likeness (QED) is 0.751. The summed E-state index contributed by atoms with van der Waals surface area (Å²) in [7, 11) is 0. The maximum atomic E-state index is 13.1. The van der Waals surface area contributed by atoms with Crippen molar-refractivity contribution in [2.24, 2.45) is 0 Å². The van der Waals surface area contributed by atoms with Gasteiger partial charge in [-0.15, -0.1) is 0 Å². The molecule has 1 N–H and O–H groups in total. The van der Waals surface area contributed by atoms with Crippen molar-refractivity contribution < 1.29 is 18.1 Å². The standard InChI is InChI=1S/C17H12ClF2N3O2/c18-12-4-2-1-3-11(12)16-22-15(25-23-16)7-8-21-17(24)10-5-6-13(19)14(20)9-10/h1-6,9H,7-8H2,(H,21,24). The largest absolute Gasteiger partial charge is 0.352 e. The van der Waals surface area contributed by atoms with E-state index in [2.05, 4.69) is 15.5 Å². The third-order valence-electron chi connectivity index (χ3n) is 3.39. The van der Waals surface area contributed by atoms with E-state index in [9.17, 15) is 13.6 Å². The van der Waals surface area contributed by atoms with Crippen molar-refractivity contribution in [3.05, 3.63) is 70.6 Å². The first-order valence-electron chi connectivity index (χ1n) is 7.35. The minimum Gasteiger partial charge on any atom is -0.352 e. The topological polar surface area (TPSA) is 68.0 Å². The van der Waals surface area contributed by atoms with Gasteiger partial charge < -0.3 is 9.84 Å². The van der Waals surface area contributed by atoms with Crippen LogP contribution in [0.2, 0.25) is 5.02 Å². The third kappa shape index (κ3) is 4.00. The Morgan fingerprint density at radius 3 is 2.72 bits per heavy atom. The van der Waals surface area contributed by atoms with Gasteiger partial charge in [0, 0.05) is 24.1 Å². The van der Waals surface area contributed by atoms with Crippen LogP contribution < -0.4 is 5.32 Å². The fraction of sp³-hybridized carbons (Fsp3) is 0.118. The van der Waals surface area contributed by atoms with E-state index in [4.69, 9.17) is 16.1 Å². The summed E-state index contributed by atoms with van der Waals surface area (Å²) in [6.45, 7) is 0.196. The average Bonchev–Trinajstić information content (AvgIpc) is 3.06. The number of hydrogen-bond acceptors (Lipinski definition) is 4. The summed E-state index contributed by atoms with van der Waals surface area (Å²) >= 11 is 6.07. The number of benzene rings is 2. The molecule has 0 atom stereocenters. The molecule has 0 spiro atoms. The Bertz CT molecular complexity index is 914. The van der Waals surface area contributed by atoms with Gasteiger partial charge in [0.05, 0.1) is 5.02 Å². The molecule has 8 heteroatoms. The van der Waals surface area contributed by atoms with Crippen molar-refractivity contribution in [1.82, 2.24) is 15.5 Å². The average molecular weight is 364 g/mol. The summed E-state index contributed by atoms with van der Waals surface area (Å²) in [5.74, 6) is -1.93. The molecule has 3 rings (SSSR count). The van der Waals surface area contributed by atoms with Crippen molar-refractivity contribution in [2.75, 3.05) is 6.54 Å². The summed E-state index contributed by atoms with van der Waals surface area (Å²) in [6, 6.07) is 10.0. The first-order chi connectivity index (χ1) is 12.0. The zero-order valence-electron chi connectivity index (χ0n) is 12.8. The van der Waals surface area contributed by atoms with Gasteiger partial charge in [-0.1, -0.05) is 28.9 Å². The fourth-order valence-electron chi connectivity index (χ4n) is 2.13. The van der Waals surface area contributed by atoms with Crippen LogP contribution in [0.15, 0.2) is 47.0 Å². The highest BCUT2D eigenvalue weighted by Crippen LogP contribution is 2.24. The SMILES string of the molecule is O=C(NCCc1nc(-c2ccccc2Cl)no1)c1ccc(F)c(F)c1. The second-order valence-electron chi connectivity index (χ2n) is 5.13. The monoisotopic (exact) mass is 363 g/mol. The van der Waals surface area contributed by atoms with E-state index in [1.165, 1.54) is 6.07 Å². The normalized spacial score (nSPS) is 10.7. The Kier molecular flexibility index (Phi) is 5.04. The number of carbonyl (C=O) groups excluding carboxylic acids is 1. The molecule has 0 aliphatic rings. The first-order valence-corrected chi connectivity index (χ1v) is 7.73. The molecule has 0 aliphatic carbocycles. The lowest BCUT2D eigenvalue weighted by Gasteiger charge is -2.03. The Morgan fingerprint density at radius 2 is 1.96 bits per heavy atom. The van der Waals surface area contributed by atoms with E-state index in [1.54, 1.807) is 24.3 Å². The molecular formula is C17H12ClF2N3O2. The van der Waals surface area contributed by atoms with E-state index < -0.39 is 17.5 Å². The number of carbonyl (C=O) groups is 1. The van der Waals surface area contributed by atoms with Crippen LogP contribution >= 0.6 is 11.6 Å². The number of nitrogens with zero attached hydrogens (tertiary/aromatic N) is 2. The maximum absolute atomic E-state index is 13.1. The highest BCUT2D eigenvalue weighted by atomic mass is 35.5. The van der Waals surface area contributed by atoms with Crippen LogP contribution in [0.25, 0.3) is 11.4 Å². The van der Waals surface area contributed by atoms with E-state index in [1.807, 2.05) is 0 Å². The van der Waals surface area contributed by atoms with Gasteiger partial charge in [0.15, 0.2) is 11.6 Å². The second-order valence-corrected chi connectivity index (χ2v) is 5.53. The summed E-state index contributed by atoms with van der Waals surface area (Å²) in [6.07, 6.45) is 0.285. The Hall–Kier alpha value is -2.80. The fourth-order valence-corrected chi connectivity index (χ4v) is 2.35. The molecule has 2 aromatic carbocycles. The Morgan fingerprint density at radius 1 is 1.16 bits per heavy atom. The summed E-state index contributed by atoms with van der Waals surface area (Å²) in [5, 5.41) is 6.92. The van der Waals surface area contributed by atoms with Crippen LogP contribution in [0.1, 0.15) is 16.2 Å². The number of hydrogen-bond donors (Lipinski definition) is 1. The highest BCUT2D eigenvalue weighted by molar-refractivity contribution is 6.33. The molecule has 3 aromatic rings. The molecule has 1 aromatic heterocycles. The molecule has 0 fully saturated rings. The lowest BCUT2D eigenvalue weighted by Crippen LogP contribution is -2.25. The van der Waals surface area contributed by atoms with Crippen molar-refractivity contribution in [1.29, 1.82) is 0 Å². The molecule has 25 heavy (non-hydrogen) atoms. The number of nitrogens with one attached hydrogen (secondary N) is 1. The lowest BCUT2D eigenvalue weighted by molar-refractivity contribution is 0.0953. The molecule has 1 heterocycles. The molecule has 0 radical (unpaired) electrons. The summed E-state index contributed by atoms with van der Waals surface area (Å²) in [5.41, 5.74) is 0.672. The van der Waals surface area contributed by atoms with Gasteiger partial charge in [-0.2, -0.15) is 4.98 Å². The molecule has 128 valence electrons. The number of halogens is 3. The zero-order chi connectivity index (χ0) is 17.8. The minimum absolute atomic E-state index is 0.0289. The predicted octanol–water partition coefficient (Wildman–Crippen LogP) is 3.64. The molecule has 0 saturated carbocycles. The highest BCUT2D eigenvalue weighted by Gasteiger charge is 2.13. The minimum atomic E-state index is -1.08. The van der Waals surface area contributed by atoms with Gasteiger partial charge in [-0.25, -0.2) is 8.78 Å².